The maximum atomic E-state index is 11.7. The third-order valence-electron chi connectivity index (χ3n) is 1.69. The Morgan fingerprint density at radius 3 is 2.17 bits per heavy atom. The van der Waals surface area contributed by atoms with Crippen molar-refractivity contribution in [2.75, 3.05) is 0 Å². The smallest absolute Gasteiger partial charge is 0.297 e. The van der Waals surface area contributed by atoms with E-state index in [2.05, 4.69) is 0 Å². The Balaban J connectivity index is 2.50. The Morgan fingerprint density at radius 1 is 1.33 bits per heavy atom. The van der Waals surface area contributed by atoms with Crippen molar-refractivity contribution in [1.29, 1.82) is 0 Å². The van der Waals surface area contributed by atoms with Gasteiger partial charge >= 0.3 is 0 Å². The molecule has 0 N–H and O–H groups in total. The highest BCUT2D eigenvalue weighted by Crippen LogP contribution is 2.32. The second kappa shape index (κ2) is 3.47. The van der Waals surface area contributed by atoms with Crippen LogP contribution in [-0.2, 0) is 9.59 Å². The summed E-state index contributed by atoms with van der Waals surface area (Å²) in [5.41, 5.74) is 0. The van der Waals surface area contributed by atoms with Gasteiger partial charge in [-0.25, -0.2) is 8.78 Å². The number of carbonyl (C=O) groups is 2. The lowest BCUT2D eigenvalue weighted by Gasteiger charge is -2.04. The van der Waals surface area contributed by atoms with Gasteiger partial charge in [0.1, 0.15) is 0 Å². The van der Waals surface area contributed by atoms with E-state index in [9.17, 15) is 18.4 Å². The number of alkyl halides is 3. The molecule has 0 radical (unpaired) electrons. The second-order valence-electron chi connectivity index (χ2n) is 2.74. The topological polar surface area (TPSA) is 34.1 Å². The lowest BCUT2D eigenvalue weighted by atomic mass is 10.1. The molecule has 0 aromatic carbocycles. The first-order valence-corrected chi connectivity index (χ1v) is 3.97. The number of ketones is 2. The molecule has 0 saturated heterocycles. The Bertz CT molecular complexity index is 199. The van der Waals surface area contributed by atoms with Crippen LogP contribution in [0.15, 0.2) is 0 Å². The van der Waals surface area contributed by atoms with E-state index >= 15 is 0 Å². The molecule has 1 aliphatic rings. The summed E-state index contributed by atoms with van der Waals surface area (Å²) in [7, 11) is 0. The quantitative estimate of drug-likeness (QED) is 0.503. The van der Waals surface area contributed by atoms with Crippen molar-refractivity contribution in [1.82, 2.24) is 0 Å². The molecular formula is C7H7ClF2O2. The number of halogens is 3. The molecule has 0 aliphatic heterocycles. The highest BCUT2D eigenvalue weighted by molar-refractivity contribution is 6.42. The highest BCUT2D eigenvalue weighted by atomic mass is 35.5. The molecule has 5 heteroatoms. The normalized spacial score (nSPS) is 19.3. The maximum Gasteiger partial charge on any atom is 0.297 e. The third kappa shape index (κ3) is 2.00. The van der Waals surface area contributed by atoms with Crippen molar-refractivity contribution in [2.45, 2.75) is 24.6 Å². The Labute approximate surface area is 72.9 Å². The van der Waals surface area contributed by atoms with Crippen molar-refractivity contribution in [3.63, 3.8) is 0 Å². The van der Waals surface area contributed by atoms with Crippen LogP contribution in [0.1, 0.15) is 12.8 Å². The minimum Gasteiger partial charge on any atom is -0.297 e. The summed E-state index contributed by atoms with van der Waals surface area (Å²) in [6, 6.07) is 0. The van der Waals surface area contributed by atoms with Crippen LogP contribution in [-0.4, -0.2) is 23.4 Å². The van der Waals surface area contributed by atoms with Crippen LogP contribution in [0.2, 0.25) is 0 Å². The first kappa shape index (κ1) is 9.58. The molecule has 12 heavy (non-hydrogen) atoms. The van der Waals surface area contributed by atoms with E-state index in [-0.39, 0.29) is 5.92 Å². The van der Waals surface area contributed by atoms with Crippen LogP contribution in [0.4, 0.5) is 8.78 Å². The van der Waals surface area contributed by atoms with Gasteiger partial charge in [-0.3, -0.25) is 9.59 Å². The van der Waals surface area contributed by atoms with Crippen LogP contribution in [0.3, 0.4) is 0 Å². The summed E-state index contributed by atoms with van der Waals surface area (Å²) in [6.45, 7) is 0. The van der Waals surface area contributed by atoms with Gasteiger partial charge in [0, 0.05) is 5.92 Å². The summed E-state index contributed by atoms with van der Waals surface area (Å²) in [6.07, 6.45) is -1.81. The van der Waals surface area contributed by atoms with Gasteiger partial charge in [-0.05, 0) is 12.8 Å². The number of rotatable bonds is 4. The molecule has 0 aromatic heterocycles. The van der Waals surface area contributed by atoms with Gasteiger partial charge in [-0.2, -0.15) is 0 Å². The van der Waals surface area contributed by atoms with Crippen LogP contribution in [0.25, 0.3) is 0 Å². The molecule has 68 valence electrons. The van der Waals surface area contributed by atoms with E-state index in [4.69, 9.17) is 11.6 Å². The predicted molar refractivity (Wildman–Crippen MR) is 38.4 cm³/mol. The average molecular weight is 197 g/mol. The Kier molecular flexibility index (Phi) is 2.77. The zero-order chi connectivity index (χ0) is 9.30. The standard InChI is InChI=1S/C7H7ClF2O2/c8-4(6(12)7(9)10)5(11)3-1-2-3/h3-4,7H,1-2H2/t4-/m1/s1. The van der Waals surface area contributed by atoms with Gasteiger partial charge in [0.2, 0.25) is 5.78 Å². The highest BCUT2D eigenvalue weighted by Gasteiger charge is 2.39. The molecule has 1 rings (SSSR count). The van der Waals surface area contributed by atoms with Gasteiger partial charge in [0.05, 0.1) is 0 Å². The fraction of sp³-hybridized carbons (Fsp3) is 0.714. The summed E-state index contributed by atoms with van der Waals surface area (Å²) >= 11 is 5.23. The SMILES string of the molecule is O=C(C(F)F)[C@H](Cl)C(=O)C1CC1. The molecule has 0 heterocycles. The first-order chi connectivity index (χ1) is 5.54. The molecule has 2 nitrogen and oxygen atoms in total. The lowest BCUT2D eigenvalue weighted by Crippen LogP contribution is -2.30. The van der Waals surface area contributed by atoms with Crippen molar-refractivity contribution >= 4 is 23.2 Å². The van der Waals surface area contributed by atoms with Gasteiger partial charge < -0.3 is 0 Å². The molecular weight excluding hydrogens is 190 g/mol. The molecule has 0 amide bonds. The van der Waals surface area contributed by atoms with Gasteiger partial charge in [-0.1, -0.05) is 0 Å². The minimum absolute atomic E-state index is 0.254. The van der Waals surface area contributed by atoms with Gasteiger partial charge in [0.15, 0.2) is 11.2 Å². The number of hydrogen-bond acceptors (Lipinski definition) is 2. The fourth-order valence-electron chi connectivity index (χ4n) is 0.826. The zero-order valence-corrected chi connectivity index (χ0v) is 6.85. The van der Waals surface area contributed by atoms with E-state index in [1.807, 2.05) is 0 Å². The predicted octanol–water partition coefficient (Wildman–Crippen LogP) is 1.41. The fourth-order valence-corrected chi connectivity index (χ4v) is 1.10. The average Bonchev–Trinajstić information content (AvgIpc) is 2.82. The van der Waals surface area contributed by atoms with E-state index in [0.29, 0.717) is 12.8 Å². The van der Waals surface area contributed by atoms with Crippen LogP contribution >= 0.6 is 11.6 Å². The molecule has 1 atom stereocenters. The van der Waals surface area contributed by atoms with E-state index < -0.39 is 23.4 Å². The lowest BCUT2D eigenvalue weighted by molar-refractivity contribution is -0.134. The molecule has 1 saturated carbocycles. The van der Waals surface area contributed by atoms with E-state index in [1.165, 1.54) is 0 Å². The Morgan fingerprint density at radius 2 is 1.83 bits per heavy atom. The van der Waals surface area contributed by atoms with Crippen molar-refractivity contribution in [3.05, 3.63) is 0 Å². The molecule has 0 bridgehead atoms. The van der Waals surface area contributed by atoms with Gasteiger partial charge in [0.25, 0.3) is 6.43 Å². The number of hydrogen-bond donors (Lipinski definition) is 0. The molecule has 0 aromatic rings. The van der Waals surface area contributed by atoms with Crippen molar-refractivity contribution < 1.29 is 18.4 Å². The number of Topliss-reactive ketones (excluding diaryl/α,β-unsaturated/α-hetero) is 2. The minimum atomic E-state index is -3.14. The first-order valence-electron chi connectivity index (χ1n) is 3.53. The van der Waals surface area contributed by atoms with E-state index in [0.717, 1.165) is 0 Å². The van der Waals surface area contributed by atoms with Crippen molar-refractivity contribution in [3.8, 4) is 0 Å². The van der Waals surface area contributed by atoms with E-state index in [1.54, 1.807) is 0 Å². The molecule has 1 aliphatic carbocycles. The number of carbonyl (C=O) groups excluding carboxylic acids is 2. The Hall–Kier alpha value is -0.510. The molecule has 1 fully saturated rings. The molecule has 0 spiro atoms. The third-order valence-corrected chi connectivity index (χ3v) is 2.12. The monoisotopic (exact) mass is 196 g/mol. The summed E-state index contributed by atoms with van der Waals surface area (Å²) < 4.78 is 23.5. The van der Waals surface area contributed by atoms with Crippen LogP contribution in [0, 0.1) is 5.92 Å². The zero-order valence-electron chi connectivity index (χ0n) is 6.10. The molecule has 0 unspecified atom stereocenters. The summed E-state index contributed by atoms with van der Waals surface area (Å²) in [5, 5.41) is -1.64. The summed E-state index contributed by atoms with van der Waals surface area (Å²) in [5.74, 6) is -2.29. The largest absolute Gasteiger partial charge is 0.297 e. The maximum absolute atomic E-state index is 11.7. The van der Waals surface area contributed by atoms with Crippen LogP contribution in [0.5, 0.6) is 0 Å². The van der Waals surface area contributed by atoms with Gasteiger partial charge in [-0.15, -0.1) is 11.6 Å². The summed E-state index contributed by atoms with van der Waals surface area (Å²) in [4.78, 5) is 21.5. The van der Waals surface area contributed by atoms with Crippen molar-refractivity contribution in [2.24, 2.45) is 5.92 Å². The van der Waals surface area contributed by atoms with Crippen LogP contribution < -0.4 is 0 Å². The second-order valence-corrected chi connectivity index (χ2v) is 3.18.